The third-order valence-electron chi connectivity index (χ3n) is 5.20. The molecule has 0 aliphatic heterocycles. The van der Waals surface area contributed by atoms with Crippen molar-refractivity contribution in [1.82, 2.24) is 10.8 Å². The average Bonchev–Trinajstić information content (AvgIpc) is 2.75. The predicted octanol–water partition coefficient (Wildman–Crippen LogP) is 4.01. The molecule has 29 heavy (non-hydrogen) atoms. The second-order valence-corrected chi connectivity index (χ2v) is 7.13. The van der Waals surface area contributed by atoms with Crippen molar-refractivity contribution in [3.05, 3.63) is 59.4 Å². The van der Waals surface area contributed by atoms with Crippen molar-refractivity contribution in [1.29, 1.82) is 0 Å². The monoisotopic (exact) mass is 406 g/mol. The third kappa shape index (κ3) is 4.76. The Labute approximate surface area is 165 Å². The molecule has 0 aromatic heterocycles. The molecule has 2 aromatic carbocycles. The van der Waals surface area contributed by atoms with Gasteiger partial charge in [0.2, 0.25) is 5.91 Å². The maximum Gasteiger partial charge on any atom is 0.270 e. The summed E-state index contributed by atoms with van der Waals surface area (Å²) in [6.07, 6.45) is 4.49. The van der Waals surface area contributed by atoms with Gasteiger partial charge in [-0.05, 0) is 41.7 Å². The Kier molecular flexibility index (Phi) is 6.53. The van der Waals surface area contributed by atoms with Crippen LogP contribution in [-0.4, -0.2) is 17.0 Å². The molecule has 3 N–H and O–H groups in total. The van der Waals surface area contributed by atoms with Crippen molar-refractivity contribution in [2.75, 3.05) is 0 Å². The number of hydrogen-bond acceptors (Lipinski definition) is 3. The second-order valence-electron chi connectivity index (χ2n) is 7.13. The van der Waals surface area contributed by atoms with Crippen LogP contribution >= 0.6 is 0 Å². The maximum absolute atomic E-state index is 13.5. The van der Waals surface area contributed by atoms with E-state index in [4.69, 9.17) is 5.21 Å². The molecule has 1 unspecified atom stereocenters. The average molecular weight is 406 g/mol. The zero-order valence-corrected chi connectivity index (χ0v) is 15.6. The van der Waals surface area contributed by atoms with Crippen LogP contribution < -0.4 is 10.8 Å². The number of hydrogen-bond donors (Lipinski definition) is 3. The van der Waals surface area contributed by atoms with E-state index in [-0.39, 0.29) is 17.4 Å². The lowest BCUT2D eigenvalue weighted by Crippen LogP contribution is -2.42. The van der Waals surface area contributed by atoms with Crippen LogP contribution in [0.25, 0.3) is 11.1 Å². The zero-order chi connectivity index (χ0) is 21.0. The van der Waals surface area contributed by atoms with E-state index in [2.05, 4.69) is 5.32 Å². The summed E-state index contributed by atoms with van der Waals surface area (Å²) in [5.74, 6) is -5.40. The first kappa shape index (κ1) is 20.9. The molecule has 0 spiro atoms. The molecule has 0 bridgehead atoms. The lowest BCUT2D eigenvalue weighted by Gasteiger charge is -2.24. The normalized spacial score (nSPS) is 15.6. The van der Waals surface area contributed by atoms with Crippen molar-refractivity contribution < 1.29 is 28.0 Å². The topological polar surface area (TPSA) is 78.4 Å². The fourth-order valence-electron chi connectivity index (χ4n) is 3.58. The Bertz CT molecular complexity index is 874. The van der Waals surface area contributed by atoms with Gasteiger partial charge in [0.05, 0.1) is 0 Å². The predicted molar refractivity (Wildman–Crippen MR) is 99.1 cm³/mol. The molecule has 1 aliphatic rings. The molecule has 0 radical (unpaired) electrons. The van der Waals surface area contributed by atoms with E-state index >= 15 is 0 Å². The van der Waals surface area contributed by atoms with Gasteiger partial charge < -0.3 is 5.32 Å². The number of carbonyl (C=O) groups excluding carboxylic acids is 2. The summed E-state index contributed by atoms with van der Waals surface area (Å²) in [6.45, 7) is 0. The van der Waals surface area contributed by atoms with Gasteiger partial charge in [0.1, 0.15) is 6.04 Å². The smallest absolute Gasteiger partial charge is 0.270 e. The molecular weight excluding hydrogens is 385 g/mol. The molecule has 5 nitrogen and oxygen atoms in total. The molecule has 8 heteroatoms. The second kappa shape index (κ2) is 9.09. The zero-order valence-electron chi connectivity index (χ0n) is 15.6. The van der Waals surface area contributed by atoms with E-state index in [9.17, 15) is 22.8 Å². The van der Waals surface area contributed by atoms with E-state index < -0.39 is 29.4 Å². The van der Waals surface area contributed by atoms with E-state index in [0.717, 1.165) is 44.2 Å². The molecule has 1 fully saturated rings. The van der Waals surface area contributed by atoms with Crippen LogP contribution in [0, 0.1) is 23.4 Å². The first-order valence-corrected chi connectivity index (χ1v) is 9.40. The summed E-state index contributed by atoms with van der Waals surface area (Å²) >= 11 is 0. The lowest BCUT2D eigenvalue weighted by atomic mass is 9.88. The van der Waals surface area contributed by atoms with Crippen molar-refractivity contribution in [2.45, 2.75) is 38.1 Å². The SMILES string of the molecule is O=C(NC(C(=O)NO)c1ccc(-c2cc(F)c(F)c(F)c2)cc1)C1CCCCC1. The fraction of sp³-hybridized carbons (Fsp3) is 0.333. The van der Waals surface area contributed by atoms with Crippen LogP contribution in [0.5, 0.6) is 0 Å². The van der Waals surface area contributed by atoms with Gasteiger partial charge in [0.25, 0.3) is 5.91 Å². The summed E-state index contributed by atoms with van der Waals surface area (Å²) in [5.41, 5.74) is 2.45. The molecule has 1 aliphatic carbocycles. The third-order valence-corrected chi connectivity index (χ3v) is 5.20. The minimum absolute atomic E-state index is 0.127. The Morgan fingerprint density at radius 3 is 2.07 bits per heavy atom. The van der Waals surface area contributed by atoms with Gasteiger partial charge in [-0.15, -0.1) is 0 Å². The Morgan fingerprint density at radius 2 is 1.52 bits per heavy atom. The Hall–Kier alpha value is -2.87. The highest BCUT2D eigenvalue weighted by molar-refractivity contribution is 5.89. The Balaban J connectivity index is 1.82. The molecular formula is C21H21F3N2O3. The molecule has 3 rings (SSSR count). The van der Waals surface area contributed by atoms with Crippen LogP contribution in [0.3, 0.4) is 0 Å². The molecule has 0 heterocycles. The van der Waals surface area contributed by atoms with Gasteiger partial charge in [-0.1, -0.05) is 43.5 Å². The van der Waals surface area contributed by atoms with Gasteiger partial charge in [-0.3, -0.25) is 14.8 Å². The quantitative estimate of drug-likeness (QED) is 0.399. The number of carbonyl (C=O) groups is 2. The van der Waals surface area contributed by atoms with Crippen molar-refractivity contribution in [2.24, 2.45) is 5.92 Å². The Morgan fingerprint density at radius 1 is 0.931 bits per heavy atom. The number of amides is 2. The van der Waals surface area contributed by atoms with Gasteiger partial charge in [-0.25, -0.2) is 18.7 Å². The number of benzene rings is 2. The lowest BCUT2D eigenvalue weighted by molar-refractivity contribution is -0.136. The van der Waals surface area contributed by atoms with E-state index in [0.29, 0.717) is 11.1 Å². The summed E-state index contributed by atoms with van der Waals surface area (Å²) < 4.78 is 40.1. The molecule has 2 aromatic rings. The van der Waals surface area contributed by atoms with Gasteiger partial charge in [0, 0.05) is 5.92 Å². The first-order valence-electron chi connectivity index (χ1n) is 9.40. The molecule has 1 atom stereocenters. The minimum atomic E-state index is -1.55. The van der Waals surface area contributed by atoms with Gasteiger partial charge >= 0.3 is 0 Å². The first-order chi connectivity index (χ1) is 13.9. The van der Waals surface area contributed by atoms with Crippen LogP contribution in [0.4, 0.5) is 13.2 Å². The van der Waals surface area contributed by atoms with Crippen molar-refractivity contribution in [3.8, 4) is 11.1 Å². The molecule has 154 valence electrons. The fourth-order valence-corrected chi connectivity index (χ4v) is 3.58. The van der Waals surface area contributed by atoms with E-state index in [1.807, 2.05) is 0 Å². The standard InChI is InChI=1S/C21H21F3N2O3/c22-16-10-15(11-17(23)18(16)24)12-6-8-13(9-7-12)19(21(28)26-29)25-20(27)14-4-2-1-3-5-14/h6-11,14,19,29H,1-5H2,(H,25,27)(H,26,28). The number of halogens is 3. The maximum atomic E-state index is 13.5. The molecule has 0 saturated heterocycles. The minimum Gasteiger partial charge on any atom is -0.340 e. The summed E-state index contributed by atoms with van der Waals surface area (Å²) in [5, 5.41) is 11.7. The van der Waals surface area contributed by atoms with Crippen LogP contribution in [0.1, 0.15) is 43.7 Å². The van der Waals surface area contributed by atoms with Crippen molar-refractivity contribution >= 4 is 11.8 Å². The summed E-state index contributed by atoms with van der Waals surface area (Å²) in [7, 11) is 0. The summed E-state index contributed by atoms with van der Waals surface area (Å²) in [6, 6.07) is 6.60. The number of hydroxylamine groups is 1. The van der Waals surface area contributed by atoms with Gasteiger partial charge in [-0.2, -0.15) is 0 Å². The molecule has 2 amide bonds. The highest BCUT2D eigenvalue weighted by Gasteiger charge is 2.27. The van der Waals surface area contributed by atoms with Gasteiger partial charge in [0.15, 0.2) is 17.5 Å². The largest absolute Gasteiger partial charge is 0.340 e. The van der Waals surface area contributed by atoms with E-state index in [1.54, 1.807) is 5.48 Å². The highest BCUT2D eigenvalue weighted by Crippen LogP contribution is 2.27. The summed E-state index contributed by atoms with van der Waals surface area (Å²) in [4.78, 5) is 24.6. The van der Waals surface area contributed by atoms with Crippen LogP contribution in [0.15, 0.2) is 36.4 Å². The number of rotatable bonds is 5. The highest BCUT2D eigenvalue weighted by atomic mass is 19.2. The van der Waals surface area contributed by atoms with Crippen LogP contribution in [-0.2, 0) is 9.59 Å². The van der Waals surface area contributed by atoms with Crippen molar-refractivity contribution in [3.63, 3.8) is 0 Å². The number of nitrogens with one attached hydrogen (secondary N) is 2. The van der Waals surface area contributed by atoms with E-state index in [1.165, 1.54) is 24.3 Å². The van der Waals surface area contributed by atoms with Crippen LogP contribution in [0.2, 0.25) is 0 Å². The molecule has 1 saturated carbocycles.